The number of nitrogens with two attached hydrogens (primary N) is 1. The fraction of sp³-hybridized carbons (Fsp3) is 0.0714. The summed E-state index contributed by atoms with van der Waals surface area (Å²) in [4.78, 5) is 0.0965. The van der Waals surface area contributed by atoms with Crippen LogP contribution >= 0.6 is 23.8 Å². The molecule has 0 aliphatic carbocycles. The van der Waals surface area contributed by atoms with Gasteiger partial charge in [-0.05, 0) is 30.3 Å². The van der Waals surface area contributed by atoms with Crippen LogP contribution in [0.1, 0.15) is 11.1 Å². The summed E-state index contributed by atoms with van der Waals surface area (Å²) in [6.45, 7) is -0.105. The number of thiocarbonyl (C=S) groups is 1. The lowest BCUT2D eigenvalue weighted by atomic mass is 10.2. The van der Waals surface area contributed by atoms with Crippen molar-refractivity contribution in [2.45, 2.75) is 6.61 Å². The zero-order valence-electron chi connectivity index (χ0n) is 10.2. The van der Waals surface area contributed by atoms with Crippen molar-refractivity contribution in [2.24, 2.45) is 5.73 Å². The van der Waals surface area contributed by atoms with E-state index in [4.69, 9.17) is 34.3 Å². The Labute approximate surface area is 125 Å². The summed E-state index contributed by atoms with van der Waals surface area (Å²) in [5.74, 6) is -1.11. The molecule has 2 aromatic rings. The molecule has 0 aliphatic heterocycles. The Kier molecular flexibility index (Phi) is 4.52. The molecule has 0 saturated heterocycles. The lowest BCUT2D eigenvalue weighted by molar-refractivity contribution is 0.285. The second-order valence-corrected chi connectivity index (χ2v) is 4.91. The number of hydrogen-bond acceptors (Lipinski definition) is 2. The Morgan fingerprint density at radius 3 is 2.50 bits per heavy atom. The quantitative estimate of drug-likeness (QED) is 0.871. The lowest BCUT2D eigenvalue weighted by Gasteiger charge is -2.09. The highest BCUT2D eigenvalue weighted by Crippen LogP contribution is 2.21. The fourth-order valence-corrected chi connectivity index (χ4v) is 1.85. The number of hydrogen-bond donors (Lipinski definition) is 1. The van der Waals surface area contributed by atoms with Gasteiger partial charge in [-0.3, -0.25) is 0 Å². The molecular weight excluding hydrogens is 304 g/mol. The Morgan fingerprint density at radius 2 is 1.90 bits per heavy atom. The Morgan fingerprint density at radius 1 is 1.15 bits per heavy atom. The van der Waals surface area contributed by atoms with Gasteiger partial charge in [-0.2, -0.15) is 0 Å². The molecule has 0 fully saturated rings. The Hall–Kier alpha value is -1.72. The van der Waals surface area contributed by atoms with Crippen LogP contribution in [0.15, 0.2) is 36.4 Å². The molecule has 0 radical (unpaired) electrons. The molecule has 0 aliphatic rings. The highest BCUT2D eigenvalue weighted by Gasteiger charge is 2.08. The van der Waals surface area contributed by atoms with Gasteiger partial charge in [-0.1, -0.05) is 29.9 Å². The molecule has 2 nitrogen and oxygen atoms in total. The van der Waals surface area contributed by atoms with Crippen molar-refractivity contribution >= 4 is 28.8 Å². The van der Waals surface area contributed by atoms with E-state index in [2.05, 4.69) is 0 Å². The van der Waals surface area contributed by atoms with Crippen LogP contribution in [0.25, 0.3) is 0 Å². The molecule has 20 heavy (non-hydrogen) atoms. The second-order valence-electron chi connectivity index (χ2n) is 4.03. The van der Waals surface area contributed by atoms with Crippen LogP contribution in [-0.2, 0) is 6.61 Å². The van der Waals surface area contributed by atoms with Gasteiger partial charge in [0.15, 0.2) is 11.6 Å². The smallest absolute Gasteiger partial charge is 0.165 e. The van der Waals surface area contributed by atoms with Gasteiger partial charge in [0.05, 0.1) is 0 Å². The summed E-state index contributed by atoms with van der Waals surface area (Å²) >= 11 is 10.4. The molecular formula is C14H10ClF2NOS. The van der Waals surface area contributed by atoms with E-state index in [9.17, 15) is 8.78 Å². The van der Waals surface area contributed by atoms with Crippen LogP contribution in [0, 0.1) is 11.6 Å². The molecule has 0 unspecified atom stereocenters. The molecule has 2 N–H and O–H groups in total. The highest BCUT2D eigenvalue weighted by molar-refractivity contribution is 7.80. The topological polar surface area (TPSA) is 35.2 Å². The third-order valence-electron chi connectivity index (χ3n) is 2.61. The first-order valence-electron chi connectivity index (χ1n) is 5.63. The Bertz CT molecular complexity index is 664. The zero-order valence-corrected chi connectivity index (χ0v) is 11.8. The van der Waals surface area contributed by atoms with E-state index in [1.807, 2.05) is 0 Å². The van der Waals surface area contributed by atoms with E-state index in [0.29, 0.717) is 10.6 Å². The van der Waals surface area contributed by atoms with E-state index in [-0.39, 0.29) is 22.9 Å². The van der Waals surface area contributed by atoms with Crippen molar-refractivity contribution in [1.29, 1.82) is 0 Å². The minimum absolute atomic E-state index is 0.000602. The molecule has 0 aromatic heterocycles. The maximum Gasteiger partial charge on any atom is 0.165 e. The standard InChI is InChI=1S/C14H10ClF2NOS/c15-10-3-1-9(11(16)6-10)7-19-13-4-2-8(14(18)20)5-12(13)17/h1-6H,7H2,(H2,18,20). The van der Waals surface area contributed by atoms with Crippen LogP contribution in [-0.4, -0.2) is 4.99 Å². The van der Waals surface area contributed by atoms with Gasteiger partial charge < -0.3 is 10.5 Å². The summed E-state index contributed by atoms with van der Waals surface area (Å²) in [6.07, 6.45) is 0. The molecule has 0 heterocycles. The first-order valence-corrected chi connectivity index (χ1v) is 6.42. The summed E-state index contributed by atoms with van der Waals surface area (Å²) < 4.78 is 32.5. The molecule has 104 valence electrons. The summed E-state index contributed by atoms with van der Waals surface area (Å²) in [6, 6.07) is 8.31. The first-order chi connectivity index (χ1) is 9.47. The lowest BCUT2D eigenvalue weighted by Crippen LogP contribution is -2.10. The number of ether oxygens (including phenoxy) is 1. The summed E-state index contributed by atoms with van der Waals surface area (Å²) in [7, 11) is 0. The third kappa shape index (κ3) is 3.43. The molecule has 0 saturated carbocycles. The van der Waals surface area contributed by atoms with Crippen molar-refractivity contribution in [3.8, 4) is 5.75 Å². The van der Waals surface area contributed by atoms with Gasteiger partial charge in [0, 0.05) is 16.1 Å². The van der Waals surface area contributed by atoms with Gasteiger partial charge in [0.2, 0.25) is 0 Å². The highest BCUT2D eigenvalue weighted by atomic mass is 35.5. The van der Waals surface area contributed by atoms with Crippen LogP contribution in [0.2, 0.25) is 5.02 Å². The predicted molar refractivity (Wildman–Crippen MR) is 78.0 cm³/mol. The van der Waals surface area contributed by atoms with Crippen LogP contribution in [0.4, 0.5) is 8.78 Å². The van der Waals surface area contributed by atoms with Crippen molar-refractivity contribution in [3.63, 3.8) is 0 Å². The molecule has 0 amide bonds. The number of rotatable bonds is 4. The van der Waals surface area contributed by atoms with Gasteiger partial charge in [-0.15, -0.1) is 0 Å². The average molecular weight is 314 g/mol. The van der Waals surface area contributed by atoms with E-state index < -0.39 is 11.6 Å². The van der Waals surface area contributed by atoms with E-state index in [1.54, 1.807) is 6.07 Å². The van der Waals surface area contributed by atoms with E-state index >= 15 is 0 Å². The van der Waals surface area contributed by atoms with Crippen molar-refractivity contribution < 1.29 is 13.5 Å². The maximum absolute atomic E-state index is 13.7. The van der Waals surface area contributed by atoms with Crippen molar-refractivity contribution in [2.75, 3.05) is 0 Å². The normalized spacial score (nSPS) is 10.3. The van der Waals surface area contributed by atoms with Gasteiger partial charge in [-0.25, -0.2) is 8.78 Å². The summed E-state index contributed by atoms with van der Waals surface area (Å²) in [5, 5.41) is 0.290. The minimum Gasteiger partial charge on any atom is -0.486 e. The van der Waals surface area contributed by atoms with Crippen molar-refractivity contribution in [1.82, 2.24) is 0 Å². The Balaban J connectivity index is 2.13. The van der Waals surface area contributed by atoms with Gasteiger partial charge in [0.1, 0.15) is 17.4 Å². The van der Waals surface area contributed by atoms with Gasteiger partial charge >= 0.3 is 0 Å². The average Bonchev–Trinajstić information content (AvgIpc) is 2.38. The van der Waals surface area contributed by atoms with E-state index in [0.717, 1.165) is 0 Å². The third-order valence-corrected chi connectivity index (χ3v) is 3.09. The van der Waals surface area contributed by atoms with Crippen LogP contribution in [0.5, 0.6) is 5.75 Å². The first kappa shape index (κ1) is 14.7. The molecule has 6 heteroatoms. The predicted octanol–water partition coefficient (Wildman–Crippen LogP) is 3.83. The monoisotopic (exact) mass is 313 g/mol. The minimum atomic E-state index is -0.607. The largest absolute Gasteiger partial charge is 0.486 e. The van der Waals surface area contributed by atoms with Crippen molar-refractivity contribution in [3.05, 3.63) is 64.2 Å². The molecule has 2 aromatic carbocycles. The second kappa shape index (κ2) is 6.15. The van der Waals surface area contributed by atoms with E-state index in [1.165, 1.54) is 30.3 Å². The molecule has 2 rings (SSSR count). The molecule has 0 spiro atoms. The molecule has 0 bridgehead atoms. The fourth-order valence-electron chi connectivity index (χ4n) is 1.57. The number of halogens is 3. The molecule has 0 atom stereocenters. The summed E-state index contributed by atoms with van der Waals surface area (Å²) in [5.41, 5.74) is 6.08. The zero-order chi connectivity index (χ0) is 14.7. The van der Waals surface area contributed by atoms with Gasteiger partial charge in [0.25, 0.3) is 0 Å². The maximum atomic E-state index is 13.7. The van der Waals surface area contributed by atoms with Crippen LogP contribution in [0.3, 0.4) is 0 Å². The van der Waals surface area contributed by atoms with Crippen LogP contribution < -0.4 is 10.5 Å². The SMILES string of the molecule is NC(=S)c1ccc(OCc2ccc(Cl)cc2F)c(F)c1. The number of benzene rings is 2.